The SMILES string of the molecule is COc1ccc([Si](C)(C)[C@@H]2[C@@H](C)[C@@H](CCc3ccc(N4CCCCCCC4=O)cc3)O[C@H]2CCO)cc1. The minimum Gasteiger partial charge on any atom is -0.497 e. The van der Waals surface area contributed by atoms with Crippen LogP contribution in [0.1, 0.15) is 57.4 Å². The lowest BCUT2D eigenvalue weighted by Gasteiger charge is -2.36. The van der Waals surface area contributed by atoms with Crippen molar-refractivity contribution >= 4 is 24.9 Å². The van der Waals surface area contributed by atoms with Gasteiger partial charge in [-0.3, -0.25) is 4.79 Å². The van der Waals surface area contributed by atoms with E-state index in [1.807, 2.05) is 4.90 Å². The van der Waals surface area contributed by atoms with Crippen LogP contribution in [0.15, 0.2) is 48.5 Å². The third-order valence-electron chi connectivity index (χ3n) is 8.77. The highest BCUT2D eigenvalue weighted by molar-refractivity contribution is 6.91. The molecule has 0 aliphatic carbocycles. The fourth-order valence-electron chi connectivity index (χ4n) is 6.63. The first-order chi connectivity index (χ1) is 17.8. The first-order valence-electron chi connectivity index (χ1n) is 14.1. The fraction of sp³-hybridized carbons (Fsp3) is 0.581. The Hall–Kier alpha value is -2.15. The monoisotopic (exact) mass is 523 g/mol. The number of ether oxygens (including phenoxy) is 2. The largest absolute Gasteiger partial charge is 0.497 e. The molecule has 5 nitrogen and oxygen atoms in total. The van der Waals surface area contributed by atoms with Gasteiger partial charge in [-0.15, -0.1) is 0 Å². The van der Waals surface area contributed by atoms with Gasteiger partial charge in [0.2, 0.25) is 5.91 Å². The Balaban J connectivity index is 1.42. The minimum absolute atomic E-state index is 0.0919. The summed E-state index contributed by atoms with van der Waals surface area (Å²) < 4.78 is 12.0. The number of hydrogen-bond acceptors (Lipinski definition) is 4. The van der Waals surface area contributed by atoms with Crippen molar-refractivity contribution in [2.45, 2.75) is 89.1 Å². The quantitative estimate of drug-likeness (QED) is 0.429. The molecule has 1 amide bonds. The molecule has 0 aromatic heterocycles. The summed E-state index contributed by atoms with van der Waals surface area (Å²) >= 11 is 0. The van der Waals surface area contributed by atoms with Gasteiger partial charge in [-0.1, -0.05) is 62.3 Å². The molecule has 1 N–H and O–H groups in total. The number of aliphatic hydroxyl groups excluding tert-OH is 1. The van der Waals surface area contributed by atoms with Crippen LogP contribution in [0.25, 0.3) is 0 Å². The van der Waals surface area contributed by atoms with Gasteiger partial charge in [-0.25, -0.2) is 0 Å². The molecular weight excluding hydrogens is 478 g/mol. The van der Waals surface area contributed by atoms with E-state index in [1.54, 1.807) is 7.11 Å². The van der Waals surface area contributed by atoms with Gasteiger partial charge in [0.15, 0.2) is 0 Å². The van der Waals surface area contributed by atoms with Gasteiger partial charge >= 0.3 is 0 Å². The Morgan fingerprint density at radius 2 is 1.68 bits per heavy atom. The molecule has 6 heteroatoms. The maximum Gasteiger partial charge on any atom is 0.226 e. The van der Waals surface area contributed by atoms with Crippen LogP contribution in [0.3, 0.4) is 0 Å². The molecule has 4 rings (SSSR count). The maximum absolute atomic E-state index is 12.6. The summed E-state index contributed by atoms with van der Waals surface area (Å²) in [5.41, 5.74) is 2.75. The molecule has 2 saturated heterocycles. The molecule has 37 heavy (non-hydrogen) atoms. The van der Waals surface area contributed by atoms with Gasteiger partial charge in [-0.2, -0.15) is 0 Å². The van der Waals surface area contributed by atoms with Gasteiger partial charge in [0, 0.05) is 25.3 Å². The molecular formula is C31H45NO4Si. The molecule has 2 fully saturated rings. The second-order valence-electron chi connectivity index (χ2n) is 11.5. The number of carbonyl (C=O) groups is 1. The summed E-state index contributed by atoms with van der Waals surface area (Å²) in [6, 6.07) is 17.2. The molecule has 2 aromatic carbocycles. The molecule has 0 radical (unpaired) electrons. The average Bonchev–Trinajstić information content (AvgIpc) is 3.21. The van der Waals surface area contributed by atoms with Crippen LogP contribution >= 0.6 is 0 Å². The molecule has 4 atom stereocenters. The maximum atomic E-state index is 12.6. The topological polar surface area (TPSA) is 59.0 Å². The summed E-state index contributed by atoms with van der Waals surface area (Å²) in [6.07, 6.45) is 8.00. The van der Waals surface area contributed by atoms with Gasteiger partial charge in [-0.05, 0) is 73.4 Å². The van der Waals surface area contributed by atoms with Crippen LogP contribution in [0.4, 0.5) is 5.69 Å². The number of rotatable bonds is 9. The van der Waals surface area contributed by atoms with Gasteiger partial charge in [0.05, 0.1) is 27.4 Å². The van der Waals surface area contributed by atoms with Gasteiger partial charge in [0.1, 0.15) is 5.75 Å². The van der Waals surface area contributed by atoms with Crippen LogP contribution in [-0.2, 0) is 16.0 Å². The lowest BCUT2D eigenvalue weighted by atomic mass is 9.95. The van der Waals surface area contributed by atoms with Crippen molar-refractivity contribution < 1.29 is 19.4 Å². The summed E-state index contributed by atoms with van der Waals surface area (Å²) in [5, 5.41) is 11.2. The zero-order valence-electron chi connectivity index (χ0n) is 23.1. The van der Waals surface area contributed by atoms with E-state index in [-0.39, 0.29) is 24.7 Å². The molecule has 2 heterocycles. The van der Waals surface area contributed by atoms with E-state index in [9.17, 15) is 9.90 Å². The smallest absolute Gasteiger partial charge is 0.226 e. The molecule has 0 spiro atoms. The number of amides is 1. The van der Waals surface area contributed by atoms with Crippen LogP contribution in [0, 0.1) is 5.92 Å². The molecule has 0 saturated carbocycles. The van der Waals surface area contributed by atoms with Crippen molar-refractivity contribution in [3.05, 3.63) is 54.1 Å². The Labute approximate surface area is 224 Å². The first kappa shape index (κ1) is 27.9. The van der Waals surface area contributed by atoms with Gasteiger partial charge in [0.25, 0.3) is 0 Å². The summed E-state index contributed by atoms with van der Waals surface area (Å²) in [4.78, 5) is 14.6. The number of nitrogens with zero attached hydrogens (tertiary/aromatic N) is 1. The number of hydrogen-bond donors (Lipinski definition) is 1. The summed E-state index contributed by atoms with van der Waals surface area (Å²) in [5.74, 6) is 1.57. The molecule has 0 unspecified atom stereocenters. The standard InChI is InChI=1S/C31H45NO4Si/c1-23-28(19-12-24-10-13-25(14-11-24)32-21-8-6-5-7-9-30(32)34)36-29(20-22-33)31(23)37(3,4)27-17-15-26(35-2)16-18-27/h10-11,13-18,23,28-29,31,33H,5-9,12,19-22H2,1-4H3/t23-,28+,29-,31+/m0/s1. The average molecular weight is 524 g/mol. The van der Waals surface area contributed by atoms with E-state index in [4.69, 9.17) is 9.47 Å². The van der Waals surface area contributed by atoms with Crippen molar-refractivity contribution in [3.8, 4) is 5.75 Å². The van der Waals surface area contributed by atoms with Crippen molar-refractivity contribution in [3.63, 3.8) is 0 Å². The highest BCUT2D eigenvalue weighted by atomic mass is 28.3. The van der Waals surface area contributed by atoms with Crippen molar-refractivity contribution in [1.29, 1.82) is 0 Å². The second kappa shape index (κ2) is 12.6. The second-order valence-corrected chi connectivity index (χ2v) is 16.2. The van der Waals surface area contributed by atoms with E-state index in [2.05, 4.69) is 68.5 Å². The van der Waals surface area contributed by atoms with E-state index < -0.39 is 8.07 Å². The Morgan fingerprint density at radius 1 is 0.973 bits per heavy atom. The fourth-order valence-corrected chi connectivity index (χ4v) is 10.7. The molecule has 2 aromatic rings. The lowest BCUT2D eigenvalue weighted by Crippen LogP contribution is -2.50. The first-order valence-corrected chi connectivity index (χ1v) is 17.2. The van der Waals surface area contributed by atoms with Crippen LogP contribution < -0.4 is 14.8 Å². The molecule has 2 aliphatic heterocycles. The Morgan fingerprint density at radius 3 is 2.35 bits per heavy atom. The minimum atomic E-state index is -1.87. The Kier molecular flexibility index (Phi) is 9.49. The van der Waals surface area contributed by atoms with Crippen LogP contribution in [-0.4, -0.2) is 51.6 Å². The predicted molar refractivity (Wildman–Crippen MR) is 154 cm³/mol. The molecule has 0 bridgehead atoms. The van der Waals surface area contributed by atoms with E-state index in [0.29, 0.717) is 24.3 Å². The molecule has 202 valence electrons. The number of benzene rings is 2. The number of anilines is 1. The lowest BCUT2D eigenvalue weighted by molar-refractivity contribution is -0.118. The third-order valence-corrected chi connectivity index (χ3v) is 13.2. The van der Waals surface area contributed by atoms with Crippen molar-refractivity contribution in [2.24, 2.45) is 5.92 Å². The number of carbonyl (C=O) groups excluding carboxylic acids is 1. The van der Waals surface area contributed by atoms with Crippen LogP contribution in [0.2, 0.25) is 18.6 Å². The summed E-state index contributed by atoms with van der Waals surface area (Å²) in [6.45, 7) is 8.22. The number of aryl methyl sites for hydroxylation is 1. The molecule has 2 aliphatic rings. The normalized spacial score (nSPS) is 25.1. The van der Waals surface area contributed by atoms with Crippen molar-refractivity contribution in [1.82, 2.24) is 0 Å². The summed E-state index contributed by atoms with van der Waals surface area (Å²) in [7, 11) is -0.162. The predicted octanol–water partition coefficient (Wildman–Crippen LogP) is 5.70. The van der Waals surface area contributed by atoms with Crippen LogP contribution in [0.5, 0.6) is 5.75 Å². The zero-order chi connectivity index (χ0) is 26.4. The van der Waals surface area contributed by atoms with E-state index >= 15 is 0 Å². The third kappa shape index (κ3) is 6.47. The highest BCUT2D eigenvalue weighted by Crippen LogP contribution is 2.46. The Bertz CT molecular complexity index is 1010. The van der Waals surface area contributed by atoms with Crippen molar-refractivity contribution in [2.75, 3.05) is 25.2 Å². The highest BCUT2D eigenvalue weighted by Gasteiger charge is 2.50. The van der Waals surface area contributed by atoms with Gasteiger partial charge < -0.3 is 19.5 Å². The number of methoxy groups -OCH3 is 1. The zero-order valence-corrected chi connectivity index (χ0v) is 24.1. The number of aliphatic hydroxyl groups is 1. The van der Waals surface area contributed by atoms with E-state index in [0.717, 1.165) is 43.7 Å². The van der Waals surface area contributed by atoms with E-state index in [1.165, 1.54) is 23.6 Å².